The summed E-state index contributed by atoms with van der Waals surface area (Å²) in [7, 11) is 0. The number of rotatable bonds is 9. The van der Waals surface area contributed by atoms with Gasteiger partial charge in [0, 0.05) is 18.7 Å². The van der Waals surface area contributed by atoms with Gasteiger partial charge in [-0.3, -0.25) is 9.59 Å². The van der Waals surface area contributed by atoms with Crippen LogP contribution in [0, 0.1) is 22.7 Å². The van der Waals surface area contributed by atoms with Crippen LogP contribution in [0.1, 0.15) is 91.0 Å². The van der Waals surface area contributed by atoms with E-state index in [1.807, 2.05) is 38.1 Å². The number of anilines is 1. The van der Waals surface area contributed by atoms with E-state index in [9.17, 15) is 9.59 Å². The summed E-state index contributed by atoms with van der Waals surface area (Å²) in [5.74, 6) is 1.46. The second-order valence-corrected chi connectivity index (χ2v) is 11.8. The van der Waals surface area contributed by atoms with Gasteiger partial charge < -0.3 is 10.6 Å². The topological polar surface area (TPSA) is 58.2 Å². The van der Waals surface area contributed by atoms with Crippen LogP contribution >= 0.6 is 0 Å². The van der Waals surface area contributed by atoms with Gasteiger partial charge in [-0.15, -0.1) is 0 Å². The lowest BCUT2D eigenvalue weighted by atomic mass is 9.68. The monoisotopic (exact) mass is 424 g/mol. The van der Waals surface area contributed by atoms with Crippen molar-refractivity contribution in [2.75, 3.05) is 11.9 Å². The summed E-state index contributed by atoms with van der Waals surface area (Å²) in [5.41, 5.74) is 1.85. The molecule has 170 valence electrons. The number of benzene rings is 1. The average Bonchev–Trinajstić information content (AvgIpc) is 3.41. The van der Waals surface area contributed by atoms with Crippen molar-refractivity contribution in [2.45, 2.75) is 90.9 Å². The summed E-state index contributed by atoms with van der Waals surface area (Å²) in [5, 5.41) is 6.27. The summed E-state index contributed by atoms with van der Waals surface area (Å²) in [6.07, 6.45) is 10.7. The maximum absolute atomic E-state index is 12.9. The van der Waals surface area contributed by atoms with E-state index in [4.69, 9.17) is 0 Å². The van der Waals surface area contributed by atoms with Crippen molar-refractivity contribution in [3.8, 4) is 0 Å². The Bertz CT molecular complexity index is 814. The molecular weight excluding hydrogens is 384 g/mol. The second-order valence-electron chi connectivity index (χ2n) is 11.8. The van der Waals surface area contributed by atoms with Gasteiger partial charge >= 0.3 is 0 Å². The Morgan fingerprint density at radius 2 is 1.68 bits per heavy atom. The van der Waals surface area contributed by atoms with Crippen molar-refractivity contribution < 1.29 is 9.59 Å². The lowest BCUT2D eigenvalue weighted by Gasteiger charge is -2.39. The fourth-order valence-corrected chi connectivity index (χ4v) is 5.38. The van der Waals surface area contributed by atoms with Crippen molar-refractivity contribution in [1.29, 1.82) is 0 Å². The molecule has 0 aromatic heterocycles. The molecule has 0 bridgehead atoms. The summed E-state index contributed by atoms with van der Waals surface area (Å²) >= 11 is 0. The lowest BCUT2D eigenvalue weighted by molar-refractivity contribution is -0.126. The predicted molar refractivity (Wildman–Crippen MR) is 126 cm³/mol. The molecule has 1 aromatic carbocycles. The fraction of sp³-hybridized carbons (Fsp3) is 0.704. The number of carbonyl (C=O) groups excluding carboxylic acids is 2. The average molecular weight is 425 g/mol. The van der Waals surface area contributed by atoms with Gasteiger partial charge in [0.2, 0.25) is 11.8 Å². The van der Waals surface area contributed by atoms with E-state index in [1.54, 1.807) is 0 Å². The van der Waals surface area contributed by atoms with Crippen molar-refractivity contribution in [1.82, 2.24) is 5.32 Å². The van der Waals surface area contributed by atoms with Crippen molar-refractivity contribution >= 4 is 17.5 Å². The Kier molecular flexibility index (Phi) is 5.95. The molecule has 4 heteroatoms. The number of nitrogens with one attached hydrogen (secondary N) is 2. The highest BCUT2D eigenvalue weighted by Gasteiger charge is 2.49. The van der Waals surface area contributed by atoms with Gasteiger partial charge in [0.1, 0.15) is 0 Å². The van der Waals surface area contributed by atoms with E-state index in [0.29, 0.717) is 17.8 Å². The van der Waals surface area contributed by atoms with Crippen LogP contribution in [0.4, 0.5) is 5.69 Å². The molecule has 3 aliphatic rings. The standard InChI is InChI=1S/C27H40N2O2/c1-25(2,24(31)28-18-26(3)13-6-14-26)20-9-11-21(12-10-20)29-23(30)17-22(19-7-5-8-19)27(4)15-16-27/h9-12,19,22H,5-8,13-18H2,1-4H3,(H,28,31)(H,29,30). The second kappa shape index (κ2) is 8.26. The van der Waals surface area contributed by atoms with Gasteiger partial charge in [0.05, 0.1) is 5.41 Å². The van der Waals surface area contributed by atoms with E-state index in [2.05, 4.69) is 24.5 Å². The molecule has 1 aromatic rings. The Hall–Kier alpha value is -1.84. The largest absolute Gasteiger partial charge is 0.355 e. The summed E-state index contributed by atoms with van der Waals surface area (Å²) in [6.45, 7) is 9.30. The smallest absolute Gasteiger partial charge is 0.230 e. The van der Waals surface area contributed by atoms with Crippen LogP contribution in [0.25, 0.3) is 0 Å². The van der Waals surface area contributed by atoms with Gasteiger partial charge in [-0.2, -0.15) is 0 Å². The van der Waals surface area contributed by atoms with Crippen LogP contribution in [0.3, 0.4) is 0 Å². The zero-order chi connectivity index (χ0) is 22.3. The molecule has 3 saturated carbocycles. The Morgan fingerprint density at radius 1 is 1.03 bits per heavy atom. The van der Waals surface area contributed by atoms with Crippen molar-refractivity contribution in [2.24, 2.45) is 22.7 Å². The summed E-state index contributed by atoms with van der Waals surface area (Å²) in [6, 6.07) is 7.83. The molecule has 0 spiro atoms. The molecule has 0 aliphatic heterocycles. The van der Waals surface area contributed by atoms with Crippen LogP contribution in [-0.4, -0.2) is 18.4 Å². The SMILES string of the molecule is CC1(CNC(=O)C(C)(C)c2ccc(NC(=O)CC(C3CCC3)C3(C)CC3)cc2)CCC1. The van der Waals surface area contributed by atoms with E-state index in [-0.39, 0.29) is 17.2 Å². The molecular formula is C27H40N2O2. The molecule has 31 heavy (non-hydrogen) atoms. The first-order valence-electron chi connectivity index (χ1n) is 12.3. The number of amides is 2. The van der Waals surface area contributed by atoms with E-state index >= 15 is 0 Å². The van der Waals surface area contributed by atoms with E-state index in [0.717, 1.165) is 23.7 Å². The third-order valence-electron chi connectivity index (χ3n) is 8.75. The molecule has 2 N–H and O–H groups in total. The fourth-order valence-electron chi connectivity index (χ4n) is 5.38. The molecule has 0 saturated heterocycles. The van der Waals surface area contributed by atoms with Crippen LogP contribution in [0.5, 0.6) is 0 Å². The zero-order valence-corrected chi connectivity index (χ0v) is 19.9. The number of hydrogen-bond acceptors (Lipinski definition) is 2. The first-order valence-corrected chi connectivity index (χ1v) is 12.3. The Balaban J connectivity index is 1.32. The highest BCUT2D eigenvalue weighted by molar-refractivity contribution is 5.91. The molecule has 3 fully saturated rings. The first-order chi connectivity index (χ1) is 14.6. The van der Waals surface area contributed by atoms with Gasteiger partial charge in [0.25, 0.3) is 0 Å². The van der Waals surface area contributed by atoms with E-state index in [1.165, 1.54) is 51.4 Å². The summed E-state index contributed by atoms with van der Waals surface area (Å²) < 4.78 is 0. The number of hydrogen-bond donors (Lipinski definition) is 2. The van der Waals surface area contributed by atoms with Gasteiger partial charge in [-0.1, -0.05) is 51.7 Å². The Labute approximate surface area is 188 Å². The van der Waals surface area contributed by atoms with Gasteiger partial charge in [0.15, 0.2) is 0 Å². The van der Waals surface area contributed by atoms with Crippen LogP contribution < -0.4 is 10.6 Å². The third kappa shape index (κ3) is 4.83. The van der Waals surface area contributed by atoms with Crippen LogP contribution in [0.15, 0.2) is 24.3 Å². The highest BCUT2D eigenvalue weighted by Crippen LogP contribution is 2.58. The minimum absolute atomic E-state index is 0.0680. The van der Waals surface area contributed by atoms with Crippen molar-refractivity contribution in [3.63, 3.8) is 0 Å². The normalized spacial score (nSPS) is 22.6. The molecule has 3 aliphatic carbocycles. The van der Waals surface area contributed by atoms with Gasteiger partial charge in [-0.05, 0) is 79.9 Å². The molecule has 4 rings (SSSR count). The minimum Gasteiger partial charge on any atom is -0.355 e. The quantitative estimate of drug-likeness (QED) is 0.525. The van der Waals surface area contributed by atoms with Gasteiger partial charge in [-0.25, -0.2) is 0 Å². The lowest BCUT2D eigenvalue weighted by Crippen LogP contribution is -2.46. The summed E-state index contributed by atoms with van der Waals surface area (Å²) in [4.78, 5) is 25.6. The zero-order valence-electron chi connectivity index (χ0n) is 19.9. The molecule has 1 atom stereocenters. The maximum Gasteiger partial charge on any atom is 0.230 e. The Morgan fingerprint density at radius 3 is 2.16 bits per heavy atom. The highest BCUT2D eigenvalue weighted by atomic mass is 16.2. The first kappa shape index (κ1) is 22.4. The maximum atomic E-state index is 12.9. The molecule has 0 radical (unpaired) electrons. The third-order valence-corrected chi connectivity index (χ3v) is 8.75. The molecule has 0 heterocycles. The molecule has 4 nitrogen and oxygen atoms in total. The molecule has 2 amide bonds. The van der Waals surface area contributed by atoms with Crippen LogP contribution in [0.2, 0.25) is 0 Å². The molecule has 1 unspecified atom stereocenters. The van der Waals surface area contributed by atoms with Crippen LogP contribution in [-0.2, 0) is 15.0 Å². The predicted octanol–water partition coefficient (Wildman–Crippen LogP) is 5.82. The van der Waals surface area contributed by atoms with Crippen molar-refractivity contribution in [3.05, 3.63) is 29.8 Å². The number of carbonyl (C=O) groups is 2. The minimum atomic E-state index is -0.599. The van der Waals surface area contributed by atoms with E-state index < -0.39 is 5.41 Å².